The molecule has 20 heavy (non-hydrogen) atoms. The number of nitrogens with one attached hydrogen (secondary N) is 1. The van der Waals surface area contributed by atoms with Crippen molar-refractivity contribution in [2.75, 3.05) is 32.6 Å². The van der Waals surface area contributed by atoms with E-state index in [1.54, 1.807) is 13.8 Å². The van der Waals surface area contributed by atoms with Crippen LogP contribution in [0.3, 0.4) is 0 Å². The van der Waals surface area contributed by atoms with E-state index in [9.17, 15) is 18.0 Å². The lowest BCUT2D eigenvalue weighted by atomic mass is 10.2. The molecule has 0 aromatic heterocycles. The highest BCUT2D eigenvalue weighted by Gasteiger charge is 2.26. The highest BCUT2D eigenvalue weighted by molar-refractivity contribution is 7.89. The summed E-state index contributed by atoms with van der Waals surface area (Å²) in [6.45, 7) is 4.01. The van der Waals surface area contributed by atoms with Crippen molar-refractivity contribution < 1.29 is 27.9 Å². The highest BCUT2D eigenvalue weighted by atomic mass is 32.2. The summed E-state index contributed by atoms with van der Waals surface area (Å²) in [7, 11) is -2.31. The van der Waals surface area contributed by atoms with Crippen LogP contribution in [0.5, 0.6) is 0 Å². The van der Waals surface area contributed by atoms with E-state index in [0.29, 0.717) is 0 Å². The van der Waals surface area contributed by atoms with Crippen molar-refractivity contribution in [3.63, 3.8) is 0 Å². The van der Waals surface area contributed by atoms with Crippen molar-refractivity contribution in [2.45, 2.75) is 26.3 Å². The van der Waals surface area contributed by atoms with Crippen molar-refractivity contribution in [1.82, 2.24) is 9.62 Å². The fourth-order valence-electron chi connectivity index (χ4n) is 1.60. The van der Waals surface area contributed by atoms with Gasteiger partial charge in [-0.15, -0.1) is 0 Å². The molecule has 0 bridgehead atoms. The van der Waals surface area contributed by atoms with Gasteiger partial charge in [0, 0.05) is 33.2 Å². The van der Waals surface area contributed by atoms with Gasteiger partial charge in [-0.3, -0.25) is 4.79 Å². The average molecular weight is 310 g/mol. The lowest BCUT2D eigenvalue weighted by Gasteiger charge is -2.19. The molecule has 8 nitrogen and oxygen atoms in total. The third-order valence-electron chi connectivity index (χ3n) is 2.66. The van der Waals surface area contributed by atoms with Crippen LogP contribution in [0.1, 0.15) is 20.3 Å². The third-order valence-corrected chi connectivity index (χ3v) is 4.59. The Labute approximate surface area is 119 Å². The fraction of sp³-hybridized carbons (Fsp3) is 0.818. The van der Waals surface area contributed by atoms with Crippen molar-refractivity contribution in [3.8, 4) is 0 Å². The van der Waals surface area contributed by atoms with Gasteiger partial charge in [0.2, 0.25) is 15.9 Å². The normalized spacial score (nSPS) is 13.2. The summed E-state index contributed by atoms with van der Waals surface area (Å²) >= 11 is 0. The van der Waals surface area contributed by atoms with E-state index in [2.05, 4.69) is 5.32 Å². The Kier molecular flexibility index (Phi) is 8.35. The number of sulfonamides is 1. The predicted molar refractivity (Wildman–Crippen MR) is 72.8 cm³/mol. The largest absolute Gasteiger partial charge is 0.480 e. The third kappa shape index (κ3) is 6.31. The van der Waals surface area contributed by atoms with Gasteiger partial charge in [0.25, 0.3) is 0 Å². The molecule has 0 aromatic carbocycles. The maximum Gasteiger partial charge on any atom is 0.326 e. The second-order valence-corrected chi connectivity index (χ2v) is 6.05. The molecule has 2 N–H and O–H groups in total. The number of amides is 1. The molecule has 0 rings (SSSR count). The number of methoxy groups -OCH3 is 1. The number of aliphatic carboxylic acids is 1. The summed E-state index contributed by atoms with van der Waals surface area (Å²) in [5.41, 5.74) is 0. The molecular formula is C11H22N2O6S. The number of carbonyl (C=O) groups excluding carboxylic acids is 1. The summed E-state index contributed by atoms with van der Waals surface area (Å²) < 4.78 is 29.6. The summed E-state index contributed by atoms with van der Waals surface area (Å²) in [6.07, 6.45) is 0.0723. The number of hydrogen-bond acceptors (Lipinski definition) is 5. The van der Waals surface area contributed by atoms with Crippen LogP contribution >= 0.6 is 0 Å². The van der Waals surface area contributed by atoms with Crippen molar-refractivity contribution >= 4 is 21.9 Å². The molecule has 1 unspecified atom stereocenters. The van der Waals surface area contributed by atoms with Crippen molar-refractivity contribution in [2.24, 2.45) is 0 Å². The first-order valence-corrected chi connectivity index (χ1v) is 7.88. The van der Waals surface area contributed by atoms with Gasteiger partial charge in [0.1, 0.15) is 11.8 Å². The van der Waals surface area contributed by atoms with Crippen LogP contribution in [0.15, 0.2) is 0 Å². The Morgan fingerprint density at radius 3 is 2.25 bits per heavy atom. The Balaban J connectivity index is 4.63. The zero-order chi connectivity index (χ0) is 15.8. The van der Waals surface area contributed by atoms with Crippen LogP contribution in [0.2, 0.25) is 0 Å². The quantitative estimate of drug-likeness (QED) is 0.550. The van der Waals surface area contributed by atoms with Crippen LogP contribution in [0, 0.1) is 0 Å². The lowest BCUT2D eigenvalue weighted by molar-refractivity contribution is -0.142. The van der Waals surface area contributed by atoms with Crippen molar-refractivity contribution in [3.05, 3.63) is 0 Å². The SMILES string of the molecule is CCN(CC)S(=O)(=O)CC(=O)NC(CCOC)C(=O)O. The number of nitrogens with zero attached hydrogens (tertiary/aromatic N) is 1. The monoisotopic (exact) mass is 310 g/mol. The van der Waals surface area contributed by atoms with Gasteiger partial charge in [-0.25, -0.2) is 17.5 Å². The van der Waals surface area contributed by atoms with Gasteiger partial charge < -0.3 is 15.2 Å². The standard InChI is InChI=1S/C11H22N2O6S/c1-4-13(5-2)20(17,18)8-10(14)12-9(11(15)16)6-7-19-3/h9H,4-8H2,1-3H3,(H,12,14)(H,15,16). The molecule has 1 amide bonds. The molecule has 118 valence electrons. The Morgan fingerprint density at radius 1 is 1.30 bits per heavy atom. The topological polar surface area (TPSA) is 113 Å². The van der Waals surface area contributed by atoms with E-state index < -0.39 is 33.7 Å². The molecule has 0 fully saturated rings. The number of carbonyl (C=O) groups is 2. The second-order valence-electron chi connectivity index (χ2n) is 4.08. The van der Waals surface area contributed by atoms with Gasteiger partial charge in [0.05, 0.1) is 0 Å². The minimum Gasteiger partial charge on any atom is -0.480 e. The zero-order valence-electron chi connectivity index (χ0n) is 12.0. The smallest absolute Gasteiger partial charge is 0.326 e. The minimum absolute atomic E-state index is 0.0723. The molecule has 0 saturated carbocycles. The van der Waals surface area contributed by atoms with Crippen LogP contribution in [0.25, 0.3) is 0 Å². The highest BCUT2D eigenvalue weighted by Crippen LogP contribution is 2.01. The molecule has 1 atom stereocenters. The number of carboxylic acid groups (broad SMARTS) is 1. The molecule has 0 radical (unpaired) electrons. The van der Waals surface area contributed by atoms with Crippen LogP contribution < -0.4 is 5.32 Å². The minimum atomic E-state index is -3.72. The summed E-state index contributed by atoms with van der Waals surface area (Å²) in [5.74, 6) is -2.82. The van der Waals surface area contributed by atoms with Gasteiger partial charge >= 0.3 is 5.97 Å². The molecule has 0 aliphatic heterocycles. The molecular weight excluding hydrogens is 288 g/mol. The Morgan fingerprint density at radius 2 is 1.85 bits per heavy atom. The second kappa shape index (κ2) is 8.88. The summed E-state index contributed by atoms with van der Waals surface area (Å²) in [4.78, 5) is 22.6. The molecule has 0 aliphatic carbocycles. The Hall–Kier alpha value is -1.19. The lowest BCUT2D eigenvalue weighted by Crippen LogP contribution is -2.46. The zero-order valence-corrected chi connectivity index (χ0v) is 12.8. The maximum atomic E-state index is 11.9. The van der Waals surface area contributed by atoms with E-state index in [0.717, 1.165) is 4.31 Å². The van der Waals surface area contributed by atoms with E-state index in [-0.39, 0.29) is 26.1 Å². The summed E-state index contributed by atoms with van der Waals surface area (Å²) in [5, 5.41) is 11.1. The predicted octanol–water partition coefficient (Wildman–Crippen LogP) is -0.736. The summed E-state index contributed by atoms with van der Waals surface area (Å²) in [6, 6.07) is -1.16. The molecule has 0 spiro atoms. The van der Waals surface area contributed by atoms with Crippen LogP contribution in [0.4, 0.5) is 0 Å². The molecule has 0 aromatic rings. The number of hydrogen-bond donors (Lipinski definition) is 2. The first kappa shape index (κ1) is 18.8. The Bertz CT molecular complexity index is 419. The molecule has 0 aliphatic rings. The molecule has 0 heterocycles. The van der Waals surface area contributed by atoms with Gasteiger partial charge in [-0.2, -0.15) is 0 Å². The fourth-order valence-corrected chi connectivity index (χ4v) is 2.99. The van der Waals surface area contributed by atoms with Crippen molar-refractivity contribution in [1.29, 1.82) is 0 Å². The number of carboxylic acids is 1. The first-order valence-electron chi connectivity index (χ1n) is 6.27. The molecule has 9 heteroatoms. The van der Waals surface area contributed by atoms with Gasteiger partial charge in [-0.05, 0) is 0 Å². The first-order chi connectivity index (χ1) is 9.28. The number of ether oxygens (including phenoxy) is 1. The van der Waals surface area contributed by atoms with Crippen LogP contribution in [-0.4, -0.2) is 68.3 Å². The van der Waals surface area contributed by atoms with E-state index in [4.69, 9.17) is 9.84 Å². The number of rotatable bonds is 10. The molecule has 0 saturated heterocycles. The van der Waals surface area contributed by atoms with E-state index >= 15 is 0 Å². The van der Waals surface area contributed by atoms with Gasteiger partial charge in [-0.1, -0.05) is 13.8 Å². The van der Waals surface area contributed by atoms with Gasteiger partial charge in [0.15, 0.2) is 0 Å². The van der Waals surface area contributed by atoms with Crippen LogP contribution in [-0.2, 0) is 24.3 Å². The van der Waals surface area contributed by atoms with E-state index in [1.165, 1.54) is 7.11 Å². The van der Waals surface area contributed by atoms with E-state index in [1.807, 2.05) is 0 Å². The average Bonchev–Trinajstić information content (AvgIpc) is 2.34. The maximum absolute atomic E-state index is 11.9.